The number of hydrogen-bond donors (Lipinski definition) is 3. The summed E-state index contributed by atoms with van der Waals surface area (Å²) in [6, 6.07) is 0.748. The fraction of sp³-hybridized carbons (Fsp3) is 0.800. The van der Waals surface area contributed by atoms with Crippen LogP contribution in [0.4, 0.5) is 11.9 Å². The SMILES string of the molecule is CCO[Si](CCCNc1nc(C)nc(NCCN)n1)(OCC)OCC. The molecule has 0 radical (unpaired) electrons. The molecular formula is C15H32N6O3Si. The Morgan fingerprint density at radius 1 is 0.880 bits per heavy atom. The highest BCUT2D eigenvalue weighted by molar-refractivity contribution is 6.60. The molecule has 4 N–H and O–H groups in total. The summed E-state index contributed by atoms with van der Waals surface area (Å²) in [7, 11) is -2.59. The van der Waals surface area contributed by atoms with Crippen molar-refractivity contribution >= 4 is 20.7 Å². The van der Waals surface area contributed by atoms with Crippen molar-refractivity contribution in [1.29, 1.82) is 0 Å². The van der Waals surface area contributed by atoms with Crippen molar-refractivity contribution in [2.75, 3.05) is 50.1 Å². The Balaban J connectivity index is 2.55. The monoisotopic (exact) mass is 372 g/mol. The summed E-state index contributed by atoms with van der Waals surface area (Å²) in [6.07, 6.45) is 0.836. The minimum atomic E-state index is -2.59. The fourth-order valence-corrected chi connectivity index (χ4v) is 4.94. The van der Waals surface area contributed by atoms with E-state index in [1.165, 1.54) is 0 Å². The van der Waals surface area contributed by atoms with Crippen LogP contribution < -0.4 is 16.4 Å². The number of nitrogens with two attached hydrogens (primary N) is 1. The Kier molecular flexibility index (Phi) is 10.5. The van der Waals surface area contributed by atoms with Gasteiger partial charge in [-0.2, -0.15) is 15.0 Å². The Morgan fingerprint density at radius 3 is 1.88 bits per heavy atom. The normalized spacial score (nSPS) is 11.6. The van der Waals surface area contributed by atoms with Gasteiger partial charge >= 0.3 is 8.80 Å². The Hall–Kier alpha value is -1.33. The van der Waals surface area contributed by atoms with Crippen LogP contribution in [-0.4, -0.2) is 63.2 Å². The maximum atomic E-state index is 5.85. The van der Waals surface area contributed by atoms with Crippen molar-refractivity contribution in [2.45, 2.75) is 40.2 Å². The molecule has 0 aromatic carbocycles. The second-order valence-corrected chi connectivity index (χ2v) is 7.99. The maximum Gasteiger partial charge on any atom is 0.500 e. The Labute approximate surface area is 151 Å². The van der Waals surface area contributed by atoms with Crippen LogP contribution in [0.1, 0.15) is 33.0 Å². The highest BCUT2D eigenvalue weighted by atomic mass is 28.4. The molecule has 1 heterocycles. The van der Waals surface area contributed by atoms with Gasteiger partial charge in [-0.15, -0.1) is 0 Å². The highest BCUT2D eigenvalue weighted by Gasteiger charge is 2.39. The van der Waals surface area contributed by atoms with E-state index in [-0.39, 0.29) is 0 Å². The molecule has 1 aromatic rings. The van der Waals surface area contributed by atoms with Crippen LogP contribution in [0.5, 0.6) is 0 Å². The first-order valence-corrected chi connectivity index (χ1v) is 10.8. The van der Waals surface area contributed by atoms with Crippen LogP contribution in [0.3, 0.4) is 0 Å². The number of aromatic nitrogens is 3. The zero-order valence-corrected chi connectivity index (χ0v) is 16.8. The number of anilines is 2. The maximum absolute atomic E-state index is 5.85. The first kappa shape index (κ1) is 21.7. The topological polar surface area (TPSA) is 116 Å². The lowest BCUT2D eigenvalue weighted by atomic mass is 10.5. The first-order valence-electron chi connectivity index (χ1n) is 8.91. The van der Waals surface area contributed by atoms with Gasteiger partial charge in [0.15, 0.2) is 0 Å². The number of aryl methyl sites for hydroxylation is 1. The summed E-state index contributed by atoms with van der Waals surface area (Å²) < 4.78 is 17.5. The predicted molar refractivity (Wildman–Crippen MR) is 101 cm³/mol. The van der Waals surface area contributed by atoms with Gasteiger partial charge in [-0.1, -0.05) is 0 Å². The Bertz CT molecular complexity index is 477. The van der Waals surface area contributed by atoms with Gasteiger partial charge in [-0.05, 0) is 34.1 Å². The highest BCUT2D eigenvalue weighted by Crippen LogP contribution is 2.18. The van der Waals surface area contributed by atoms with Crippen molar-refractivity contribution in [3.05, 3.63) is 5.82 Å². The van der Waals surface area contributed by atoms with Gasteiger partial charge in [0.25, 0.3) is 0 Å². The molecule has 0 unspecified atom stereocenters. The Morgan fingerprint density at radius 2 is 1.40 bits per heavy atom. The van der Waals surface area contributed by atoms with E-state index >= 15 is 0 Å². The van der Waals surface area contributed by atoms with E-state index in [0.717, 1.165) is 12.5 Å². The minimum Gasteiger partial charge on any atom is -0.374 e. The number of nitrogens with zero attached hydrogens (tertiary/aromatic N) is 3. The van der Waals surface area contributed by atoms with E-state index in [0.29, 0.717) is 57.2 Å². The van der Waals surface area contributed by atoms with Crippen molar-refractivity contribution in [2.24, 2.45) is 5.73 Å². The lowest BCUT2D eigenvalue weighted by molar-refractivity contribution is 0.0710. The molecule has 0 spiro atoms. The molecule has 0 saturated heterocycles. The lowest BCUT2D eigenvalue weighted by Crippen LogP contribution is -2.46. The summed E-state index contributed by atoms with van der Waals surface area (Å²) in [5.41, 5.74) is 5.48. The zero-order valence-electron chi connectivity index (χ0n) is 15.8. The predicted octanol–water partition coefficient (Wildman–Crippen LogP) is 1.40. The third-order valence-corrected chi connectivity index (χ3v) is 6.36. The van der Waals surface area contributed by atoms with Crippen LogP contribution in [-0.2, 0) is 13.3 Å². The van der Waals surface area contributed by atoms with Crippen LogP contribution >= 0.6 is 0 Å². The quantitative estimate of drug-likeness (QED) is 0.329. The third-order valence-electron chi connectivity index (χ3n) is 3.21. The largest absolute Gasteiger partial charge is 0.500 e. The molecule has 0 bridgehead atoms. The molecule has 0 aliphatic heterocycles. The van der Waals surface area contributed by atoms with Crippen LogP contribution in [0.15, 0.2) is 0 Å². The lowest BCUT2D eigenvalue weighted by Gasteiger charge is -2.28. The van der Waals surface area contributed by atoms with Crippen LogP contribution in [0.25, 0.3) is 0 Å². The molecule has 0 amide bonds. The van der Waals surface area contributed by atoms with Crippen molar-refractivity contribution in [3.8, 4) is 0 Å². The summed E-state index contributed by atoms with van der Waals surface area (Å²) in [6.45, 7) is 11.3. The smallest absolute Gasteiger partial charge is 0.374 e. The fourth-order valence-electron chi connectivity index (χ4n) is 2.33. The molecule has 0 aliphatic rings. The van der Waals surface area contributed by atoms with Gasteiger partial charge in [0.2, 0.25) is 11.9 Å². The van der Waals surface area contributed by atoms with Crippen molar-refractivity contribution in [1.82, 2.24) is 15.0 Å². The summed E-state index contributed by atoms with van der Waals surface area (Å²) in [5.74, 6) is 1.73. The molecule has 0 aliphatic carbocycles. The van der Waals surface area contributed by atoms with E-state index in [9.17, 15) is 0 Å². The second-order valence-electron chi connectivity index (χ2n) is 5.26. The van der Waals surface area contributed by atoms with Gasteiger partial charge in [0.05, 0.1) is 0 Å². The molecule has 1 aromatic heterocycles. The molecule has 144 valence electrons. The first-order chi connectivity index (χ1) is 12.1. The number of nitrogens with one attached hydrogen (secondary N) is 2. The van der Waals surface area contributed by atoms with Gasteiger partial charge in [0.1, 0.15) is 5.82 Å². The zero-order chi connectivity index (χ0) is 18.5. The average Bonchev–Trinajstić information content (AvgIpc) is 2.57. The molecule has 0 saturated carbocycles. The van der Waals surface area contributed by atoms with E-state index in [1.807, 2.05) is 27.7 Å². The van der Waals surface area contributed by atoms with Gasteiger partial charge in [0, 0.05) is 45.5 Å². The van der Waals surface area contributed by atoms with E-state index in [2.05, 4.69) is 25.6 Å². The van der Waals surface area contributed by atoms with E-state index in [1.54, 1.807) is 0 Å². The third kappa shape index (κ3) is 8.06. The molecular weight excluding hydrogens is 340 g/mol. The molecule has 25 heavy (non-hydrogen) atoms. The van der Waals surface area contributed by atoms with Crippen LogP contribution in [0, 0.1) is 6.92 Å². The van der Waals surface area contributed by atoms with Crippen molar-refractivity contribution in [3.63, 3.8) is 0 Å². The number of rotatable bonds is 14. The van der Waals surface area contributed by atoms with Gasteiger partial charge in [-0.25, -0.2) is 0 Å². The van der Waals surface area contributed by atoms with Crippen LogP contribution in [0.2, 0.25) is 6.04 Å². The molecule has 9 nitrogen and oxygen atoms in total. The van der Waals surface area contributed by atoms with E-state index < -0.39 is 8.80 Å². The number of hydrogen-bond acceptors (Lipinski definition) is 9. The summed E-state index contributed by atoms with van der Waals surface area (Å²) in [5, 5.41) is 6.28. The molecule has 0 fully saturated rings. The van der Waals surface area contributed by atoms with E-state index in [4.69, 9.17) is 19.0 Å². The standard InChI is InChI=1S/C15H32N6O3Si/c1-5-22-25(23-6-2,24-7-3)12-8-10-17-14-19-13(4)20-15(21-14)18-11-9-16/h5-12,16H2,1-4H3,(H2,17,18,19,20,21). The minimum absolute atomic E-state index is 0.520. The molecule has 0 atom stereocenters. The summed E-state index contributed by atoms with van der Waals surface area (Å²) >= 11 is 0. The van der Waals surface area contributed by atoms with Crippen molar-refractivity contribution < 1.29 is 13.3 Å². The second kappa shape index (κ2) is 12.1. The average molecular weight is 373 g/mol. The molecule has 1 rings (SSSR count). The molecule has 10 heteroatoms. The van der Waals surface area contributed by atoms with Gasteiger partial charge < -0.3 is 29.6 Å². The van der Waals surface area contributed by atoms with Gasteiger partial charge in [-0.3, -0.25) is 0 Å². The summed E-state index contributed by atoms with van der Waals surface area (Å²) in [4.78, 5) is 12.9.